The van der Waals surface area contributed by atoms with Gasteiger partial charge in [0.05, 0.1) is 5.02 Å². The Bertz CT molecular complexity index is 1000. The normalized spacial score (nSPS) is 11.2. The molecule has 0 amide bonds. The predicted molar refractivity (Wildman–Crippen MR) is 82.6 cm³/mol. The van der Waals surface area contributed by atoms with Crippen LogP contribution < -0.4 is 4.74 Å². The van der Waals surface area contributed by atoms with Crippen molar-refractivity contribution in [2.24, 2.45) is 0 Å². The smallest absolute Gasteiger partial charge is 0.247 e. The van der Waals surface area contributed by atoms with E-state index in [0.29, 0.717) is 27.3 Å². The molecule has 0 aliphatic carbocycles. The molecule has 0 saturated carbocycles. The lowest BCUT2D eigenvalue weighted by molar-refractivity contribution is 0.454. The van der Waals surface area contributed by atoms with Crippen LogP contribution in [0.3, 0.4) is 0 Å². The second kappa shape index (κ2) is 5.08. The standard InChI is InChI=1S/C14H7Cl2N5O/c15-10-6-3-7-11(12(10)16)22-14-9-5-2-1-4-8(9)13-17-19-20-21(13)18-14/h1-7H. The second-order valence-corrected chi connectivity index (χ2v) is 5.28. The Morgan fingerprint density at radius 2 is 1.77 bits per heavy atom. The Labute approximate surface area is 134 Å². The number of hydrogen-bond donors (Lipinski definition) is 0. The molecule has 0 aliphatic rings. The van der Waals surface area contributed by atoms with Gasteiger partial charge < -0.3 is 4.74 Å². The van der Waals surface area contributed by atoms with Crippen LogP contribution in [0, 0.1) is 0 Å². The number of rotatable bonds is 2. The number of aromatic nitrogens is 5. The van der Waals surface area contributed by atoms with E-state index in [4.69, 9.17) is 27.9 Å². The monoisotopic (exact) mass is 331 g/mol. The Hall–Kier alpha value is -2.44. The van der Waals surface area contributed by atoms with Crippen LogP contribution in [0.5, 0.6) is 11.6 Å². The highest BCUT2D eigenvalue weighted by atomic mass is 35.5. The van der Waals surface area contributed by atoms with Crippen molar-refractivity contribution in [1.29, 1.82) is 0 Å². The molecular weight excluding hydrogens is 325 g/mol. The molecule has 4 rings (SSSR count). The summed E-state index contributed by atoms with van der Waals surface area (Å²) in [5.41, 5.74) is 0.556. The van der Waals surface area contributed by atoms with Crippen LogP contribution in [0.4, 0.5) is 0 Å². The van der Waals surface area contributed by atoms with Gasteiger partial charge in [0.15, 0.2) is 0 Å². The summed E-state index contributed by atoms with van der Waals surface area (Å²) in [5.74, 6) is 0.763. The van der Waals surface area contributed by atoms with E-state index in [1.165, 1.54) is 4.63 Å². The van der Waals surface area contributed by atoms with E-state index in [-0.39, 0.29) is 0 Å². The maximum Gasteiger partial charge on any atom is 0.247 e. The number of fused-ring (bicyclic) bond motifs is 3. The summed E-state index contributed by atoms with van der Waals surface area (Å²) in [4.78, 5) is 0. The number of halogens is 2. The van der Waals surface area contributed by atoms with Crippen LogP contribution in [-0.4, -0.2) is 25.3 Å². The van der Waals surface area contributed by atoms with Gasteiger partial charge >= 0.3 is 0 Å². The third-order valence-electron chi connectivity index (χ3n) is 3.16. The van der Waals surface area contributed by atoms with Crippen LogP contribution in [-0.2, 0) is 0 Å². The van der Waals surface area contributed by atoms with Gasteiger partial charge in [0.25, 0.3) is 0 Å². The lowest BCUT2D eigenvalue weighted by Crippen LogP contribution is -1.99. The van der Waals surface area contributed by atoms with Gasteiger partial charge in [-0.3, -0.25) is 0 Å². The van der Waals surface area contributed by atoms with Crippen LogP contribution >= 0.6 is 23.2 Å². The minimum atomic E-state index is 0.326. The quantitative estimate of drug-likeness (QED) is 0.559. The van der Waals surface area contributed by atoms with E-state index in [1.807, 2.05) is 24.3 Å². The summed E-state index contributed by atoms with van der Waals surface area (Å²) < 4.78 is 7.15. The molecule has 0 spiro atoms. The molecule has 0 atom stereocenters. The van der Waals surface area contributed by atoms with Gasteiger partial charge in [-0.05, 0) is 28.6 Å². The van der Waals surface area contributed by atoms with E-state index in [0.717, 1.165) is 10.8 Å². The van der Waals surface area contributed by atoms with Crippen LogP contribution in [0.2, 0.25) is 10.0 Å². The summed E-state index contributed by atoms with van der Waals surface area (Å²) in [6.07, 6.45) is 0. The molecule has 0 N–H and O–H groups in total. The van der Waals surface area contributed by atoms with Crippen molar-refractivity contribution in [2.45, 2.75) is 0 Å². The number of nitrogens with zero attached hydrogens (tertiary/aromatic N) is 5. The molecule has 0 fully saturated rings. The number of ether oxygens (including phenoxy) is 1. The molecule has 0 aliphatic heterocycles. The van der Waals surface area contributed by atoms with Gasteiger partial charge in [0.2, 0.25) is 11.5 Å². The Kier molecular flexibility index (Phi) is 3.06. The fraction of sp³-hybridized carbons (Fsp3) is 0. The van der Waals surface area contributed by atoms with Gasteiger partial charge in [-0.15, -0.1) is 14.8 Å². The first-order valence-electron chi connectivity index (χ1n) is 6.33. The van der Waals surface area contributed by atoms with Crippen molar-refractivity contribution in [3.05, 3.63) is 52.5 Å². The zero-order valence-electron chi connectivity index (χ0n) is 10.9. The average molecular weight is 332 g/mol. The van der Waals surface area contributed by atoms with Crippen LogP contribution in [0.1, 0.15) is 0 Å². The van der Waals surface area contributed by atoms with Gasteiger partial charge in [0.1, 0.15) is 10.8 Å². The van der Waals surface area contributed by atoms with Gasteiger partial charge in [-0.2, -0.15) is 0 Å². The first-order chi connectivity index (χ1) is 10.7. The number of tetrazole rings is 1. The zero-order valence-corrected chi connectivity index (χ0v) is 12.5. The molecule has 6 nitrogen and oxygen atoms in total. The average Bonchev–Trinajstić information content (AvgIpc) is 3.00. The van der Waals surface area contributed by atoms with Gasteiger partial charge in [0, 0.05) is 10.8 Å². The van der Waals surface area contributed by atoms with Crippen molar-refractivity contribution >= 4 is 39.6 Å². The summed E-state index contributed by atoms with van der Waals surface area (Å²) in [5, 5.41) is 18.0. The topological polar surface area (TPSA) is 65.2 Å². The molecule has 4 aromatic rings. The zero-order chi connectivity index (χ0) is 15.1. The van der Waals surface area contributed by atoms with E-state index in [1.54, 1.807) is 18.2 Å². The van der Waals surface area contributed by atoms with E-state index >= 15 is 0 Å². The molecule has 22 heavy (non-hydrogen) atoms. The molecule has 2 heterocycles. The van der Waals surface area contributed by atoms with E-state index < -0.39 is 0 Å². The van der Waals surface area contributed by atoms with Crippen LogP contribution in [0.15, 0.2) is 42.5 Å². The van der Waals surface area contributed by atoms with E-state index in [9.17, 15) is 0 Å². The molecule has 0 radical (unpaired) electrons. The van der Waals surface area contributed by atoms with Crippen LogP contribution in [0.25, 0.3) is 16.4 Å². The second-order valence-electron chi connectivity index (χ2n) is 4.50. The summed E-state index contributed by atoms with van der Waals surface area (Å²) in [6, 6.07) is 12.7. The molecule has 2 aromatic heterocycles. The Balaban J connectivity index is 1.95. The van der Waals surface area contributed by atoms with Gasteiger partial charge in [-0.1, -0.05) is 47.5 Å². The minimum absolute atomic E-state index is 0.326. The highest BCUT2D eigenvalue weighted by molar-refractivity contribution is 6.42. The molecule has 0 bridgehead atoms. The fourth-order valence-electron chi connectivity index (χ4n) is 2.16. The Morgan fingerprint density at radius 3 is 2.64 bits per heavy atom. The maximum atomic E-state index is 6.16. The Morgan fingerprint density at radius 1 is 0.955 bits per heavy atom. The lowest BCUT2D eigenvalue weighted by atomic mass is 10.2. The van der Waals surface area contributed by atoms with Crippen molar-refractivity contribution in [2.75, 3.05) is 0 Å². The van der Waals surface area contributed by atoms with Crippen molar-refractivity contribution in [3.63, 3.8) is 0 Å². The SMILES string of the molecule is Clc1cccc(Oc2nn3nnnc3c3ccccc23)c1Cl. The molecule has 8 heteroatoms. The largest absolute Gasteiger partial charge is 0.435 e. The molecule has 0 unspecified atom stereocenters. The summed E-state index contributed by atoms with van der Waals surface area (Å²) in [6.45, 7) is 0. The van der Waals surface area contributed by atoms with Crippen molar-refractivity contribution in [3.8, 4) is 11.6 Å². The first-order valence-corrected chi connectivity index (χ1v) is 7.08. The molecule has 2 aromatic carbocycles. The van der Waals surface area contributed by atoms with Gasteiger partial charge in [-0.25, -0.2) is 0 Å². The highest BCUT2D eigenvalue weighted by Crippen LogP contribution is 2.36. The third kappa shape index (κ3) is 2.04. The molecule has 0 saturated heterocycles. The number of hydrogen-bond acceptors (Lipinski definition) is 5. The van der Waals surface area contributed by atoms with E-state index in [2.05, 4.69) is 20.6 Å². The maximum absolute atomic E-state index is 6.16. The highest BCUT2D eigenvalue weighted by Gasteiger charge is 2.14. The molecular formula is C14H7Cl2N5O. The summed E-state index contributed by atoms with van der Waals surface area (Å²) >= 11 is 12.2. The lowest BCUT2D eigenvalue weighted by Gasteiger charge is -2.09. The van der Waals surface area contributed by atoms with Crippen molar-refractivity contribution < 1.29 is 4.74 Å². The van der Waals surface area contributed by atoms with Crippen molar-refractivity contribution in [1.82, 2.24) is 25.3 Å². The minimum Gasteiger partial charge on any atom is -0.435 e. The fourth-order valence-corrected chi connectivity index (χ4v) is 2.49. The summed E-state index contributed by atoms with van der Waals surface area (Å²) in [7, 11) is 0. The third-order valence-corrected chi connectivity index (χ3v) is 3.96. The number of benzene rings is 2. The first kappa shape index (κ1) is 13.2. The molecule has 108 valence electrons. The predicted octanol–water partition coefficient (Wildman–Crippen LogP) is 3.77.